The number of amides is 1. The lowest BCUT2D eigenvalue weighted by Gasteiger charge is -2.37. The molecule has 0 atom stereocenters. The fourth-order valence-electron chi connectivity index (χ4n) is 3.88. The average molecular weight is 410 g/mol. The number of carbonyl (C=O) groups excluding carboxylic acids is 1. The SMILES string of the molecule is CC.Cc1cnc(C(=O)NC2CCC(N(C)c3ccc(C#N)c(C)c3C)CC2)cn1.[HH]. The van der Waals surface area contributed by atoms with Crippen molar-refractivity contribution in [3.63, 3.8) is 0 Å². The Kier molecular flexibility index (Phi) is 8.35. The summed E-state index contributed by atoms with van der Waals surface area (Å²) in [5, 5.41) is 12.3. The van der Waals surface area contributed by atoms with Crippen LogP contribution >= 0.6 is 0 Å². The molecule has 6 nitrogen and oxygen atoms in total. The van der Waals surface area contributed by atoms with Gasteiger partial charge in [0.25, 0.3) is 5.91 Å². The van der Waals surface area contributed by atoms with Gasteiger partial charge < -0.3 is 10.2 Å². The van der Waals surface area contributed by atoms with Gasteiger partial charge in [0, 0.05) is 32.4 Å². The second-order valence-corrected chi connectivity index (χ2v) is 7.63. The molecule has 1 aliphatic rings. The highest BCUT2D eigenvalue weighted by Gasteiger charge is 2.26. The van der Waals surface area contributed by atoms with Gasteiger partial charge in [0.2, 0.25) is 0 Å². The van der Waals surface area contributed by atoms with Crippen molar-refractivity contribution in [2.75, 3.05) is 11.9 Å². The van der Waals surface area contributed by atoms with Crippen LogP contribution in [0.25, 0.3) is 0 Å². The summed E-state index contributed by atoms with van der Waals surface area (Å²) in [5.74, 6) is -0.150. The lowest BCUT2D eigenvalue weighted by molar-refractivity contribution is 0.0920. The molecule has 0 aliphatic heterocycles. The molecular weight excluding hydrogens is 374 g/mol. The second-order valence-electron chi connectivity index (χ2n) is 7.63. The van der Waals surface area contributed by atoms with Gasteiger partial charge in [-0.1, -0.05) is 13.8 Å². The Morgan fingerprint density at radius 1 is 1.10 bits per heavy atom. The Morgan fingerprint density at radius 2 is 1.77 bits per heavy atom. The smallest absolute Gasteiger partial charge is 0.271 e. The quantitative estimate of drug-likeness (QED) is 0.790. The van der Waals surface area contributed by atoms with E-state index in [1.165, 1.54) is 11.9 Å². The molecular formula is C24H35N5O. The maximum absolute atomic E-state index is 12.4. The highest BCUT2D eigenvalue weighted by molar-refractivity contribution is 5.92. The summed E-state index contributed by atoms with van der Waals surface area (Å²) in [6.45, 7) is 9.94. The van der Waals surface area contributed by atoms with Gasteiger partial charge in [-0.25, -0.2) is 4.98 Å². The molecule has 0 spiro atoms. The van der Waals surface area contributed by atoms with Crippen LogP contribution in [0, 0.1) is 32.1 Å². The van der Waals surface area contributed by atoms with Crippen molar-refractivity contribution in [2.45, 2.75) is 72.4 Å². The number of benzene rings is 1. The molecule has 6 heteroatoms. The minimum absolute atomic E-state index is 0. The molecule has 1 heterocycles. The van der Waals surface area contributed by atoms with Crippen LogP contribution in [0.15, 0.2) is 24.5 Å². The minimum Gasteiger partial charge on any atom is -0.371 e. The number of aryl methyl sites for hydroxylation is 1. The average Bonchev–Trinajstić information content (AvgIpc) is 2.77. The van der Waals surface area contributed by atoms with Crippen LogP contribution < -0.4 is 10.2 Å². The highest BCUT2D eigenvalue weighted by Crippen LogP contribution is 2.30. The van der Waals surface area contributed by atoms with Crippen LogP contribution in [0.5, 0.6) is 0 Å². The first-order chi connectivity index (χ1) is 14.4. The minimum atomic E-state index is -0.150. The topological polar surface area (TPSA) is 81.9 Å². The monoisotopic (exact) mass is 409 g/mol. The van der Waals surface area contributed by atoms with Gasteiger partial charge in [-0.15, -0.1) is 0 Å². The van der Waals surface area contributed by atoms with E-state index in [0.29, 0.717) is 11.7 Å². The maximum Gasteiger partial charge on any atom is 0.271 e. The first-order valence-electron chi connectivity index (χ1n) is 10.7. The molecule has 0 radical (unpaired) electrons. The van der Waals surface area contributed by atoms with E-state index in [1.54, 1.807) is 6.20 Å². The molecule has 0 unspecified atom stereocenters. The van der Waals surface area contributed by atoms with E-state index < -0.39 is 0 Å². The number of carbonyl (C=O) groups is 1. The first-order valence-corrected chi connectivity index (χ1v) is 10.7. The third-order valence-electron chi connectivity index (χ3n) is 5.85. The van der Waals surface area contributed by atoms with Gasteiger partial charge in [-0.2, -0.15) is 5.26 Å². The summed E-state index contributed by atoms with van der Waals surface area (Å²) in [7, 11) is 2.12. The van der Waals surface area contributed by atoms with Crippen LogP contribution in [0.2, 0.25) is 0 Å². The largest absolute Gasteiger partial charge is 0.371 e. The molecule has 3 rings (SSSR count). The first kappa shape index (κ1) is 23.3. The molecule has 0 bridgehead atoms. The van der Waals surface area contributed by atoms with E-state index >= 15 is 0 Å². The van der Waals surface area contributed by atoms with Crippen molar-refractivity contribution >= 4 is 11.6 Å². The number of anilines is 1. The van der Waals surface area contributed by atoms with Crippen molar-refractivity contribution in [3.05, 3.63) is 52.6 Å². The predicted molar refractivity (Wildman–Crippen MR) is 123 cm³/mol. The summed E-state index contributed by atoms with van der Waals surface area (Å²) in [5.41, 5.74) is 5.29. The van der Waals surface area contributed by atoms with Crippen LogP contribution in [-0.2, 0) is 0 Å². The summed E-state index contributed by atoms with van der Waals surface area (Å²) in [6, 6.07) is 6.81. The second kappa shape index (κ2) is 10.7. The Morgan fingerprint density at radius 3 is 2.33 bits per heavy atom. The van der Waals surface area contributed by atoms with Crippen LogP contribution in [0.1, 0.15) is 73.8 Å². The molecule has 1 aliphatic carbocycles. The summed E-state index contributed by atoms with van der Waals surface area (Å²) >= 11 is 0. The van der Waals surface area contributed by atoms with E-state index in [4.69, 9.17) is 0 Å². The lowest BCUT2D eigenvalue weighted by atomic mass is 9.89. The third-order valence-corrected chi connectivity index (χ3v) is 5.85. The normalized spacial score (nSPS) is 17.9. The standard InChI is InChI=1S/C22H27N5O.C2H6.H2/c1-14-12-25-20(13-24-14)22(28)26-18-6-8-19(9-7-18)27(4)21-10-5-17(11-23)15(2)16(21)3;1-2;/h5,10,12-13,18-19H,6-9H2,1-4H3,(H,26,28);1-2H3;1H. The molecule has 30 heavy (non-hydrogen) atoms. The van der Waals surface area contributed by atoms with Crippen LogP contribution in [0.3, 0.4) is 0 Å². The molecule has 2 aromatic rings. The van der Waals surface area contributed by atoms with Crippen molar-refractivity contribution in [1.29, 1.82) is 5.26 Å². The molecule has 162 valence electrons. The van der Waals surface area contributed by atoms with Crippen molar-refractivity contribution in [3.8, 4) is 6.07 Å². The van der Waals surface area contributed by atoms with Crippen LogP contribution in [0.4, 0.5) is 5.69 Å². The van der Waals surface area contributed by atoms with E-state index in [-0.39, 0.29) is 13.4 Å². The Bertz CT molecular complexity index is 899. The van der Waals surface area contributed by atoms with Crippen molar-refractivity contribution in [1.82, 2.24) is 15.3 Å². The summed E-state index contributed by atoms with van der Waals surface area (Å²) < 4.78 is 0. The molecule has 1 amide bonds. The third kappa shape index (κ3) is 5.35. The lowest BCUT2D eigenvalue weighted by Crippen LogP contribution is -2.43. The molecule has 1 aromatic heterocycles. The molecule has 0 saturated heterocycles. The van der Waals surface area contributed by atoms with E-state index in [9.17, 15) is 10.1 Å². The maximum atomic E-state index is 12.4. The number of hydrogen-bond donors (Lipinski definition) is 1. The number of hydrogen-bond acceptors (Lipinski definition) is 5. The van der Waals surface area contributed by atoms with Gasteiger partial charge in [-0.3, -0.25) is 9.78 Å². The zero-order valence-corrected chi connectivity index (χ0v) is 19.0. The zero-order chi connectivity index (χ0) is 22.3. The van der Waals surface area contributed by atoms with E-state index in [2.05, 4.69) is 40.2 Å². The van der Waals surface area contributed by atoms with Gasteiger partial charge >= 0.3 is 0 Å². The molecule has 1 saturated carbocycles. The molecule has 1 fully saturated rings. The van der Waals surface area contributed by atoms with Gasteiger partial charge in [0.15, 0.2) is 0 Å². The number of nitrogens with zero attached hydrogens (tertiary/aromatic N) is 4. The van der Waals surface area contributed by atoms with E-state index in [1.807, 2.05) is 39.8 Å². The Hall–Kier alpha value is -2.94. The zero-order valence-electron chi connectivity index (χ0n) is 19.0. The van der Waals surface area contributed by atoms with Gasteiger partial charge in [0.1, 0.15) is 5.69 Å². The molecule has 1 aromatic carbocycles. The highest BCUT2D eigenvalue weighted by atomic mass is 16.1. The molecule has 1 N–H and O–H groups in total. The predicted octanol–water partition coefficient (Wildman–Crippen LogP) is 4.72. The number of rotatable bonds is 4. The van der Waals surface area contributed by atoms with Gasteiger partial charge in [-0.05, 0) is 69.7 Å². The van der Waals surface area contributed by atoms with Crippen molar-refractivity contribution < 1.29 is 6.22 Å². The van der Waals surface area contributed by atoms with Crippen LogP contribution in [-0.4, -0.2) is 35.0 Å². The Balaban J connectivity index is 0.00000156. The number of nitriles is 1. The fourth-order valence-corrected chi connectivity index (χ4v) is 3.88. The fraction of sp³-hybridized carbons (Fsp3) is 0.500. The summed E-state index contributed by atoms with van der Waals surface area (Å²) in [4.78, 5) is 23.0. The van der Waals surface area contributed by atoms with Crippen molar-refractivity contribution in [2.24, 2.45) is 0 Å². The van der Waals surface area contributed by atoms with Gasteiger partial charge in [0.05, 0.1) is 23.5 Å². The number of nitrogens with one attached hydrogen (secondary N) is 1. The number of aromatic nitrogens is 2. The summed E-state index contributed by atoms with van der Waals surface area (Å²) in [6.07, 6.45) is 7.05. The Labute approximate surface area is 181 Å². The van der Waals surface area contributed by atoms with E-state index in [0.717, 1.165) is 48.1 Å².